The van der Waals surface area contributed by atoms with Crippen molar-refractivity contribution in [2.24, 2.45) is 0 Å². The zero-order valence-corrected chi connectivity index (χ0v) is 6.23. The molecule has 1 heterocycles. The van der Waals surface area contributed by atoms with Crippen LogP contribution in [0.1, 0.15) is 5.56 Å². The second-order valence-electron chi connectivity index (χ2n) is 2.69. The van der Waals surface area contributed by atoms with Gasteiger partial charge in [-0.05, 0) is 12.1 Å². The van der Waals surface area contributed by atoms with E-state index in [0.717, 1.165) is 12.1 Å². The average molecular weight is 192 g/mol. The minimum Gasteiger partial charge on any atom is -0.427 e. The van der Waals surface area contributed by atoms with Crippen LogP contribution < -0.4 is 4.74 Å². The number of alkyl halides is 4. The lowest BCUT2D eigenvalue weighted by atomic mass is 10.1. The Bertz CT molecular complexity index is 348. The van der Waals surface area contributed by atoms with Gasteiger partial charge in [-0.3, -0.25) is 0 Å². The summed E-state index contributed by atoms with van der Waals surface area (Å²) in [5.41, 5.74) is -0.764. The smallest absolute Gasteiger partial charge is 0.427 e. The molecule has 0 amide bonds. The van der Waals surface area contributed by atoms with Crippen molar-refractivity contribution in [3.63, 3.8) is 0 Å². The van der Waals surface area contributed by atoms with E-state index < -0.39 is 23.3 Å². The molecule has 1 aliphatic heterocycles. The normalized spacial score (nSPS) is 22.2. The Kier molecular flexibility index (Phi) is 1.38. The predicted molar refractivity (Wildman–Crippen MR) is 35.9 cm³/mol. The van der Waals surface area contributed by atoms with Crippen molar-refractivity contribution in [1.82, 2.24) is 0 Å². The van der Waals surface area contributed by atoms with Crippen LogP contribution in [0.4, 0.5) is 17.6 Å². The lowest BCUT2D eigenvalue weighted by Crippen LogP contribution is -2.36. The topological polar surface area (TPSA) is 9.23 Å². The van der Waals surface area contributed by atoms with Gasteiger partial charge < -0.3 is 4.74 Å². The first-order valence-corrected chi connectivity index (χ1v) is 3.49. The second-order valence-corrected chi connectivity index (χ2v) is 2.69. The summed E-state index contributed by atoms with van der Waals surface area (Å²) in [6, 6.07) is 4.63. The molecule has 1 aromatic rings. The van der Waals surface area contributed by atoms with Gasteiger partial charge in [0.2, 0.25) is 0 Å². The van der Waals surface area contributed by atoms with Crippen LogP contribution in [0.2, 0.25) is 0 Å². The Balaban J connectivity index is 2.60. The van der Waals surface area contributed by atoms with E-state index in [1.165, 1.54) is 12.1 Å². The SMILES string of the molecule is FC1(F)Oc2ccccc2C1(F)F. The Morgan fingerprint density at radius 2 is 1.62 bits per heavy atom. The summed E-state index contributed by atoms with van der Waals surface area (Å²) >= 11 is 0. The van der Waals surface area contributed by atoms with Gasteiger partial charge >= 0.3 is 12.0 Å². The number of benzene rings is 1. The average Bonchev–Trinajstić information content (AvgIpc) is 2.20. The molecule has 0 bridgehead atoms. The zero-order valence-electron chi connectivity index (χ0n) is 6.23. The molecule has 1 nitrogen and oxygen atoms in total. The maximum absolute atomic E-state index is 12.8. The van der Waals surface area contributed by atoms with Crippen molar-refractivity contribution in [2.75, 3.05) is 0 Å². The molecule has 0 aromatic heterocycles. The summed E-state index contributed by atoms with van der Waals surface area (Å²) in [6.45, 7) is 0. The van der Waals surface area contributed by atoms with E-state index in [1.54, 1.807) is 0 Å². The molecule has 5 heteroatoms. The fourth-order valence-electron chi connectivity index (χ4n) is 1.17. The first-order chi connectivity index (χ1) is 5.95. The highest BCUT2D eigenvalue weighted by Crippen LogP contribution is 2.52. The van der Waals surface area contributed by atoms with Crippen LogP contribution in [0.25, 0.3) is 0 Å². The Labute approximate surface area is 70.9 Å². The molecule has 0 aliphatic carbocycles. The number of para-hydroxylation sites is 1. The minimum atomic E-state index is -4.43. The van der Waals surface area contributed by atoms with Gasteiger partial charge in [0, 0.05) is 0 Å². The van der Waals surface area contributed by atoms with Gasteiger partial charge in [0.1, 0.15) is 5.75 Å². The maximum Gasteiger partial charge on any atom is 0.469 e. The maximum atomic E-state index is 12.8. The van der Waals surface area contributed by atoms with Gasteiger partial charge in [-0.15, -0.1) is 0 Å². The molecule has 0 saturated carbocycles. The van der Waals surface area contributed by atoms with Gasteiger partial charge in [0.05, 0.1) is 5.56 Å². The van der Waals surface area contributed by atoms with E-state index in [2.05, 4.69) is 4.74 Å². The van der Waals surface area contributed by atoms with Gasteiger partial charge in [0.25, 0.3) is 0 Å². The van der Waals surface area contributed by atoms with Crippen molar-refractivity contribution < 1.29 is 22.3 Å². The van der Waals surface area contributed by atoms with E-state index in [-0.39, 0.29) is 0 Å². The largest absolute Gasteiger partial charge is 0.469 e. The molecule has 0 unspecified atom stereocenters. The van der Waals surface area contributed by atoms with Crippen molar-refractivity contribution >= 4 is 0 Å². The molecule has 1 aromatic carbocycles. The van der Waals surface area contributed by atoms with Crippen LogP contribution in [0.3, 0.4) is 0 Å². The minimum absolute atomic E-state index is 0.461. The summed E-state index contributed by atoms with van der Waals surface area (Å²) in [6.07, 6.45) is -4.43. The van der Waals surface area contributed by atoms with Crippen LogP contribution >= 0.6 is 0 Å². The molecule has 0 radical (unpaired) electrons. The molecule has 0 atom stereocenters. The number of halogens is 4. The molecule has 0 fully saturated rings. The molecular weight excluding hydrogens is 188 g/mol. The lowest BCUT2D eigenvalue weighted by molar-refractivity contribution is -0.296. The number of hydrogen-bond donors (Lipinski definition) is 0. The van der Waals surface area contributed by atoms with Gasteiger partial charge in [-0.1, -0.05) is 12.1 Å². The van der Waals surface area contributed by atoms with Crippen molar-refractivity contribution in [1.29, 1.82) is 0 Å². The summed E-state index contributed by atoms with van der Waals surface area (Å²) in [7, 11) is 0. The Morgan fingerprint density at radius 1 is 1.00 bits per heavy atom. The summed E-state index contributed by atoms with van der Waals surface area (Å²) in [5.74, 6) is -4.69. The van der Waals surface area contributed by atoms with E-state index >= 15 is 0 Å². The highest BCUT2D eigenvalue weighted by molar-refractivity contribution is 5.41. The molecule has 0 spiro atoms. The van der Waals surface area contributed by atoms with E-state index in [4.69, 9.17) is 0 Å². The summed E-state index contributed by atoms with van der Waals surface area (Å²) in [5, 5.41) is 0. The first-order valence-electron chi connectivity index (χ1n) is 3.49. The third kappa shape index (κ3) is 0.928. The molecule has 13 heavy (non-hydrogen) atoms. The third-order valence-electron chi connectivity index (χ3n) is 1.83. The third-order valence-corrected chi connectivity index (χ3v) is 1.83. The predicted octanol–water partition coefficient (Wildman–Crippen LogP) is 2.76. The van der Waals surface area contributed by atoms with Crippen LogP contribution in [0.15, 0.2) is 24.3 Å². The monoisotopic (exact) mass is 192 g/mol. The first kappa shape index (κ1) is 8.34. The van der Waals surface area contributed by atoms with Gasteiger partial charge in [-0.25, -0.2) is 0 Å². The molecule has 0 saturated heterocycles. The van der Waals surface area contributed by atoms with Gasteiger partial charge in [0.15, 0.2) is 0 Å². The number of rotatable bonds is 0. The van der Waals surface area contributed by atoms with Crippen molar-refractivity contribution in [3.8, 4) is 5.75 Å². The van der Waals surface area contributed by atoms with Crippen LogP contribution in [-0.2, 0) is 5.92 Å². The number of hydrogen-bond acceptors (Lipinski definition) is 1. The molecule has 2 rings (SSSR count). The fourth-order valence-corrected chi connectivity index (χ4v) is 1.17. The van der Waals surface area contributed by atoms with Gasteiger partial charge in [-0.2, -0.15) is 17.6 Å². The molecule has 0 N–H and O–H groups in total. The van der Waals surface area contributed by atoms with Crippen LogP contribution in [0, 0.1) is 0 Å². The highest BCUT2D eigenvalue weighted by atomic mass is 19.3. The lowest BCUT2D eigenvalue weighted by Gasteiger charge is -2.15. The van der Waals surface area contributed by atoms with Crippen LogP contribution in [0.5, 0.6) is 5.75 Å². The number of fused-ring (bicyclic) bond motifs is 1. The zero-order chi connectivity index (χ0) is 9.69. The van der Waals surface area contributed by atoms with Crippen molar-refractivity contribution in [2.45, 2.75) is 12.0 Å². The van der Waals surface area contributed by atoms with Crippen LogP contribution in [-0.4, -0.2) is 6.11 Å². The molecule has 1 aliphatic rings. The number of ether oxygens (including phenoxy) is 1. The summed E-state index contributed by atoms with van der Waals surface area (Å²) < 4.78 is 54.6. The van der Waals surface area contributed by atoms with E-state index in [1.807, 2.05) is 0 Å². The van der Waals surface area contributed by atoms with Crippen molar-refractivity contribution in [3.05, 3.63) is 29.8 Å². The second kappa shape index (κ2) is 2.16. The quantitative estimate of drug-likeness (QED) is 0.574. The van der Waals surface area contributed by atoms with E-state index in [9.17, 15) is 17.6 Å². The summed E-state index contributed by atoms with van der Waals surface area (Å²) in [4.78, 5) is 0. The van der Waals surface area contributed by atoms with E-state index in [0.29, 0.717) is 0 Å². The Hall–Kier alpha value is -1.26. The molecule has 70 valence electrons. The standard InChI is InChI=1S/C8H4F4O/c9-7(10)5-3-1-2-4-6(5)13-8(7,11)12/h1-4H. The fraction of sp³-hybridized carbons (Fsp3) is 0.250. The molecular formula is C8H4F4O. The highest BCUT2D eigenvalue weighted by Gasteiger charge is 2.66. The Morgan fingerprint density at radius 3 is 2.23 bits per heavy atom.